The minimum atomic E-state index is -1.19. The summed E-state index contributed by atoms with van der Waals surface area (Å²) in [4.78, 5) is 15.2. The summed E-state index contributed by atoms with van der Waals surface area (Å²) >= 11 is 0. The molecular formula is C31H39N2O6+. The van der Waals surface area contributed by atoms with E-state index in [1.54, 1.807) is 30.2 Å². The molecule has 3 aliphatic carbocycles. The lowest BCUT2D eigenvalue weighted by molar-refractivity contribution is -1.13. The monoisotopic (exact) mass is 535 g/mol. The van der Waals surface area contributed by atoms with E-state index in [1.165, 1.54) is 0 Å². The maximum absolute atomic E-state index is 13.5. The molecule has 1 amide bonds. The number of amides is 1. The van der Waals surface area contributed by atoms with Crippen molar-refractivity contribution in [1.29, 1.82) is 0 Å². The normalized spacial score (nSPS) is 36.1. The number of phenolic OH excluding ortho intramolecular Hbond substituents is 1. The number of piperidine rings is 1. The predicted octanol–water partition coefficient (Wildman–Crippen LogP) is 3.92. The maximum Gasteiger partial charge on any atom is 0.246 e. The fourth-order valence-electron chi connectivity index (χ4n) is 8.51. The van der Waals surface area contributed by atoms with Crippen molar-refractivity contribution in [2.75, 3.05) is 20.1 Å². The number of aliphatic hydroxyl groups is 1. The van der Waals surface area contributed by atoms with Crippen LogP contribution < -0.4 is 4.74 Å². The van der Waals surface area contributed by atoms with Crippen molar-refractivity contribution in [1.82, 2.24) is 4.90 Å². The van der Waals surface area contributed by atoms with E-state index in [0.717, 1.165) is 40.9 Å². The second kappa shape index (κ2) is 8.12. The number of likely N-dealkylation sites (tertiary alicyclic amines) is 1. The van der Waals surface area contributed by atoms with Gasteiger partial charge in [0.1, 0.15) is 36.3 Å². The van der Waals surface area contributed by atoms with Crippen molar-refractivity contribution < 1.29 is 34.0 Å². The van der Waals surface area contributed by atoms with Crippen LogP contribution in [0.3, 0.4) is 0 Å². The highest BCUT2D eigenvalue weighted by molar-refractivity contribution is 5.91. The molecule has 1 unspecified atom stereocenters. The Labute approximate surface area is 229 Å². The number of ether oxygens (including phenoxy) is 1. The van der Waals surface area contributed by atoms with Gasteiger partial charge in [-0.15, -0.1) is 0 Å². The number of carbonyl (C=O) groups is 1. The Balaban J connectivity index is 1.26. The number of nitrogens with zero attached hydrogens (tertiary/aromatic N) is 2. The Hall–Kier alpha value is -2.81. The first-order valence-corrected chi connectivity index (χ1v) is 14.4. The molecule has 5 aliphatic rings. The zero-order valence-electron chi connectivity index (χ0n) is 23.2. The quantitative estimate of drug-likeness (QED) is 0.396. The lowest BCUT2D eigenvalue weighted by Gasteiger charge is -2.64. The third kappa shape index (κ3) is 3.25. The first kappa shape index (κ1) is 25.2. The fourth-order valence-corrected chi connectivity index (χ4v) is 8.51. The molecule has 208 valence electrons. The van der Waals surface area contributed by atoms with E-state index < -0.39 is 17.1 Å². The van der Waals surface area contributed by atoms with Crippen LogP contribution in [-0.2, 0) is 16.6 Å². The molecule has 1 saturated heterocycles. The number of rotatable bonds is 5. The average molecular weight is 536 g/mol. The molecule has 0 radical (unpaired) electrons. The standard InChI is InChI=1S/C31H38N2O6/c1-17-18(2)24(38-19(17)3)9-10-26(35)32(4)22-11-12-31(36)25-15-21-7-8-23(34)28-27(21)30(31,29(22)39-28)13-14-33(25,37)16-20-5-6-20/h7-10,20,22,25,29,36-37H,5-6,11-16H2,1-4H3/p+1/b10-9+/t22-,25+,29+,30+,31-,33?/m1/s1. The molecular weight excluding hydrogens is 496 g/mol. The highest BCUT2D eigenvalue weighted by Crippen LogP contribution is 2.66. The maximum atomic E-state index is 13.5. The number of aryl methyl sites for hydroxylation is 1. The molecule has 8 nitrogen and oxygen atoms in total. The summed E-state index contributed by atoms with van der Waals surface area (Å²) in [5.74, 6) is 2.37. The molecule has 1 aromatic heterocycles. The van der Waals surface area contributed by atoms with E-state index in [0.29, 0.717) is 56.2 Å². The van der Waals surface area contributed by atoms with Crippen LogP contribution in [0.5, 0.6) is 11.5 Å². The molecule has 1 aromatic carbocycles. The number of furan rings is 1. The van der Waals surface area contributed by atoms with Crippen molar-refractivity contribution in [2.24, 2.45) is 5.92 Å². The summed E-state index contributed by atoms with van der Waals surface area (Å²) < 4.78 is 12.3. The molecule has 7 rings (SSSR count). The molecule has 1 spiro atoms. The van der Waals surface area contributed by atoms with Crippen LogP contribution >= 0.6 is 0 Å². The minimum Gasteiger partial charge on any atom is -0.504 e. The minimum absolute atomic E-state index is 0.0679. The van der Waals surface area contributed by atoms with Gasteiger partial charge in [-0.25, -0.2) is 5.21 Å². The molecule has 2 saturated carbocycles. The average Bonchev–Trinajstić information content (AvgIpc) is 3.58. The number of aromatic hydroxyl groups is 1. The summed E-state index contributed by atoms with van der Waals surface area (Å²) in [5.41, 5.74) is 2.04. The number of hydroxylamine groups is 3. The van der Waals surface area contributed by atoms with E-state index >= 15 is 0 Å². The van der Waals surface area contributed by atoms with Gasteiger partial charge in [-0.3, -0.25) is 4.79 Å². The molecule has 3 fully saturated rings. The first-order chi connectivity index (χ1) is 18.5. The van der Waals surface area contributed by atoms with Crippen molar-refractivity contribution in [3.63, 3.8) is 0 Å². The van der Waals surface area contributed by atoms with Gasteiger partial charge in [-0.2, -0.15) is 4.65 Å². The third-order valence-corrected chi connectivity index (χ3v) is 11.0. The number of hydrogen-bond acceptors (Lipinski definition) is 6. The van der Waals surface area contributed by atoms with E-state index in [4.69, 9.17) is 9.15 Å². The third-order valence-electron chi connectivity index (χ3n) is 11.0. The van der Waals surface area contributed by atoms with Crippen LogP contribution in [-0.4, -0.2) is 74.8 Å². The van der Waals surface area contributed by atoms with Gasteiger partial charge >= 0.3 is 0 Å². The SMILES string of the molecule is Cc1oc(/C=C/C(=O)N(C)[C@@H]2CC[C@@]3(O)[C@@H]4Cc5ccc(O)c6c5[C@@]3(CC[N+]4(O)CC3CC3)[C@H]2O6)c(C)c1C. The topological polar surface area (TPSA) is 103 Å². The second-order valence-electron chi connectivity index (χ2n) is 12.8. The Kier molecular flexibility index (Phi) is 5.24. The first-order valence-electron chi connectivity index (χ1n) is 14.4. The van der Waals surface area contributed by atoms with E-state index in [2.05, 4.69) is 0 Å². The highest BCUT2D eigenvalue weighted by atomic mass is 16.6. The molecule has 8 heteroatoms. The molecule has 39 heavy (non-hydrogen) atoms. The molecule has 3 heterocycles. The smallest absolute Gasteiger partial charge is 0.246 e. The predicted molar refractivity (Wildman–Crippen MR) is 144 cm³/mol. The second-order valence-corrected chi connectivity index (χ2v) is 12.8. The molecule has 2 aliphatic heterocycles. The van der Waals surface area contributed by atoms with Gasteiger partial charge in [-0.05, 0) is 75.3 Å². The molecule has 3 N–H and O–H groups in total. The molecule has 6 atom stereocenters. The summed E-state index contributed by atoms with van der Waals surface area (Å²) in [6, 6.07) is 2.93. The zero-order chi connectivity index (χ0) is 27.5. The van der Waals surface area contributed by atoms with Gasteiger partial charge in [0.2, 0.25) is 5.91 Å². The van der Waals surface area contributed by atoms with E-state index in [9.17, 15) is 20.2 Å². The Bertz CT molecular complexity index is 1410. The highest BCUT2D eigenvalue weighted by Gasteiger charge is 2.77. The van der Waals surface area contributed by atoms with Crippen LogP contribution in [0.25, 0.3) is 6.08 Å². The summed E-state index contributed by atoms with van der Waals surface area (Å²) in [6.45, 7) is 7.11. The fraction of sp³-hybridized carbons (Fsp3) is 0.581. The lowest BCUT2D eigenvalue weighted by atomic mass is 9.48. The zero-order valence-corrected chi connectivity index (χ0v) is 23.2. The van der Waals surface area contributed by atoms with E-state index in [1.807, 2.05) is 26.8 Å². The summed E-state index contributed by atoms with van der Waals surface area (Å²) in [5, 5.41) is 35.5. The van der Waals surface area contributed by atoms with Crippen LogP contribution in [0.2, 0.25) is 0 Å². The Morgan fingerprint density at radius 2 is 1.95 bits per heavy atom. The van der Waals surface area contributed by atoms with Gasteiger partial charge in [0.05, 0.1) is 11.5 Å². The van der Waals surface area contributed by atoms with E-state index in [-0.39, 0.29) is 28.4 Å². The Morgan fingerprint density at radius 1 is 1.18 bits per heavy atom. The van der Waals surface area contributed by atoms with Crippen molar-refractivity contribution in [2.45, 2.75) is 88.5 Å². The van der Waals surface area contributed by atoms with Gasteiger partial charge in [-0.1, -0.05) is 6.07 Å². The number of phenols is 1. The summed E-state index contributed by atoms with van der Waals surface area (Å²) in [6.07, 6.45) is 7.11. The van der Waals surface area contributed by atoms with Gasteiger partial charge in [0, 0.05) is 37.4 Å². The summed E-state index contributed by atoms with van der Waals surface area (Å²) in [7, 11) is 1.79. The number of hydrogen-bond donors (Lipinski definition) is 3. The van der Waals surface area contributed by atoms with Crippen molar-refractivity contribution in [3.05, 3.63) is 52.0 Å². The van der Waals surface area contributed by atoms with Gasteiger partial charge in [0.15, 0.2) is 17.5 Å². The number of likely N-dealkylation sites (N-methyl/N-ethyl adjacent to an activating group) is 1. The van der Waals surface area contributed by atoms with Gasteiger partial charge < -0.3 is 24.3 Å². The van der Waals surface area contributed by atoms with Crippen LogP contribution in [0.4, 0.5) is 0 Å². The van der Waals surface area contributed by atoms with Crippen LogP contribution in [0, 0.1) is 26.7 Å². The van der Waals surface area contributed by atoms with Crippen molar-refractivity contribution in [3.8, 4) is 11.5 Å². The van der Waals surface area contributed by atoms with Crippen LogP contribution in [0.15, 0.2) is 22.6 Å². The number of carbonyl (C=O) groups excluding carboxylic acids is 1. The van der Waals surface area contributed by atoms with Crippen LogP contribution in [0.1, 0.15) is 65.9 Å². The van der Waals surface area contributed by atoms with Crippen molar-refractivity contribution >= 4 is 12.0 Å². The van der Waals surface area contributed by atoms with Gasteiger partial charge in [0.25, 0.3) is 0 Å². The lowest BCUT2D eigenvalue weighted by Crippen LogP contribution is -2.82. The largest absolute Gasteiger partial charge is 0.504 e. The Morgan fingerprint density at radius 3 is 2.64 bits per heavy atom. The number of quaternary nitrogens is 1. The molecule has 2 aromatic rings. The number of benzene rings is 1. The molecule has 2 bridgehead atoms.